The summed E-state index contributed by atoms with van der Waals surface area (Å²) < 4.78 is 3.31. The average molecular weight is 1110 g/mol. The Morgan fingerprint density at radius 2 is 0.938 bits per heavy atom. The highest BCUT2D eigenvalue weighted by Crippen LogP contribution is 2.20. The minimum absolute atomic E-state index is 0.00203. The highest BCUT2D eigenvalue weighted by Gasteiger charge is 2.15. The van der Waals surface area contributed by atoms with Crippen molar-refractivity contribution in [3.63, 3.8) is 0 Å². The third-order valence-electron chi connectivity index (χ3n) is 9.82. The highest BCUT2D eigenvalue weighted by molar-refractivity contribution is 14.1. The molecule has 0 atom stereocenters. The van der Waals surface area contributed by atoms with Crippen LogP contribution in [0.3, 0.4) is 0 Å². The summed E-state index contributed by atoms with van der Waals surface area (Å²) in [6, 6.07) is 49.9. The third kappa shape index (κ3) is 15.4. The Kier molecular flexibility index (Phi) is 19.3. The van der Waals surface area contributed by atoms with Crippen LogP contribution in [0.1, 0.15) is 38.2 Å². The Balaban J connectivity index is 0.000000170. The number of nitrogens with one attached hydrogen (secondary N) is 1. The molecular formula is C51H51Br2IN10O. The molecule has 0 radical (unpaired) electrons. The fraction of sp³-hybridized carbons (Fsp3) is 0.176. The number of nitrogens with zero attached hydrogens (tertiary/aromatic N) is 8. The van der Waals surface area contributed by atoms with Gasteiger partial charge in [0.05, 0.1) is 42.7 Å². The van der Waals surface area contributed by atoms with Crippen LogP contribution in [0.4, 0.5) is 17.1 Å². The van der Waals surface area contributed by atoms with Gasteiger partial charge in [-0.15, -0.1) is 0 Å². The molecule has 0 spiro atoms. The Morgan fingerprint density at radius 1 is 0.585 bits per heavy atom. The number of hydrogen-bond acceptors (Lipinski definition) is 11. The standard InChI is InChI=1S/C17H16BrN3.C17H16IN3.C10H15N3O.C7H4BrN/c2*1-21(2)15-9-5-13(6-10-15)17-19-11-16(20-17)12-3-7-14(18)8-4-12;1-13(2)9-5-3-8(4-6-9)10(14)7-12-11;8-7-3-1-6(5-9)2-4-7/h2*3-10H,11H2,1-2H3;3-6,12H,7,11H2,1-2H3;1-4H. The number of hydrogen-bond donors (Lipinski definition) is 2. The first-order valence-electron chi connectivity index (χ1n) is 20.5. The molecule has 6 aromatic carbocycles. The SMILES string of the molecule is CN(C)c1ccc(C(=O)CNN)cc1.CN(C)c1ccc(C2=NCC(c3ccc(Br)cc3)=N2)cc1.CN(C)c1ccc(C2=NCC(c3ccc(I)cc3)=N2)cc1.N#Cc1ccc(Br)cc1. The molecular weight excluding hydrogens is 1060 g/mol. The van der Waals surface area contributed by atoms with Gasteiger partial charge in [0.1, 0.15) is 0 Å². The van der Waals surface area contributed by atoms with E-state index in [2.05, 4.69) is 175 Å². The van der Waals surface area contributed by atoms with E-state index < -0.39 is 0 Å². The number of nitrogens with two attached hydrogens (primary N) is 1. The Hall–Kier alpha value is -5.83. The fourth-order valence-corrected chi connectivity index (χ4v) is 6.97. The molecule has 6 aromatic rings. The molecule has 2 aliphatic heterocycles. The largest absolute Gasteiger partial charge is 0.378 e. The van der Waals surface area contributed by atoms with E-state index in [0.717, 1.165) is 60.0 Å². The predicted octanol–water partition coefficient (Wildman–Crippen LogP) is 10.1. The lowest BCUT2D eigenvalue weighted by Crippen LogP contribution is -2.28. The molecule has 8 rings (SSSR count). The van der Waals surface area contributed by atoms with Crippen LogP contribution in [0.2, 0.25) is 0 Å². The van der Waals surface area contributed by atoms with Gasteiger partial charge in [0.25, 0.3) is 0 Å². The maximum absolute atomic E-state index is 11.4. The topological polar surface area (TPSA) is 138 Å². The number of Topliss-reactive ketones (excluding diaryl/α,β-unsaturated/α-hetero) is 1. The predicted molar refractivity (Wildman–Crippen MR) is 287 cm³/mol. The zero-order valence-corrected chi connectivity index (χ0v) is 42.5. The molecule has 0 bridgehead atoms. The van der Waals surface area contributed by atoms with Crippen molar-refractivity contribution in [3.8, 4) is 6.07 Å². The maximum Gasteiger partial charge on any atom is 0.177 e. The zero-order valence-electron chi connectivity index (χ0n) is 37.2. The molecule has 3 N–H and O–H groups in total. The van der Waals surface area contributed by atoms with Crippen molar-refractivity contribution < 1.29 is 4.79 Å². The second-order valence-corrected chi connectivity index (χ2v) is 18.2. The van der Waals surface area contributed by atoms with Gasteiger partial charge in [-0.2, -0.15) is 5.26 Å². The summed E-state index contributed by atoms with van der Waals surface area (Å²) in [5, 5.41) is 8.36. The molecule has 0 saturated heterocycles. The molecule has 0 saturated carbocycles. The van der Waals surface area contributed by atoms with Crippen molar-refractivity contribution in [2.24, 2.45) is 25.8 Å². The van der Waals surface area contributed by atoms with Crippen molar-refractivity contribution in [2.45, 2.75) is 0 Å². The molecule has 2 aliphatic rings. The van der Waals surface area contributed by atoms with E-state index in [1.54, 1.807) is 24.3 Å². The molecule has 332 valence electrons. The number of carbonyl (C=O) groups is 1. The molecule has 0 aromatic heterocycles. The van der Waals surface area contributed by atoms with Crippen LogP contribution >= 0.6 is 54.5 Å². The first kappa shape index (κ1) is 50.2. The van der Waals surface area contributed by atoms with E-state index in [1.807, 2.05) is 89.7 Å². The number of halogens is 3. The summed E-state index contributed by atoms with van der Waals surface area (Å²) in [7, 11) is 12.1. The smallest absolute Gasteiger partial charge is 0.177 e. The number of nitriles is 1. The summed E-state index contributed by atoms with van der Waals surface area (Å²) in [6.07, 6.45) is 0. The fourth-order valence-electron chi connectivity index (χ4n) is 6.09. The van der Waals surface area contributed by atoms with Crippen LogP contribution < -0.4 is 26.0 Å². The first-order valence-corrected chi connectivity index (χ1v) is 23.1. The van der Waals surface area contributed by atoms with Crippen molar-refractivity contribution in [3.05, 3.63) is 191 Å². The monoisotopic (exact) mass is 1100 g/mol. The van der Waals surface area contributed by atoms with Crippen molar-refractivity contribution in [2.75, 3.05) is 76.6 Å². The molecule has 14 heteroatoms. The lowest BCUT2D eigenvalue weighted by atomic mass is 10.1. The third-order valence-corrected chi connectivity index (χ3v) is 11.6. The minimum Gasteiger partial charge on any atom is -0.378 e. The maximum atomic E-state index is 11.4. The van der Waals surface area contributed by atoms with Crippen LogP contribution in [0.15, 0.2) is 175 Å². The normalized spacial score (nSPS) is 12.3. The first-order chi connectivity index (χ1) is 31.2. The summed E-state index contributed by atoms with van der Waals surface area (Å²) in [6.45, 7) is 1.47. The van der Waals surface area contributed by atoms with Crippen LogP contribution in [-0.2, 0) is 0 Å². The van der Waals surface area contributed by atoms with Crippen LogP contribution in [0.5, 0.6) is 0 Å². The molecule has 0 aliphatic carbocycles. The summed E-state index contributed by atoms with van der Waals surface area (Å²) in [5.41, 5.74) is 13.6. The van der Waals surface area contributed by atoms with Gasteiger partial charge >= 0.3 is 0 Å². The van der Waals surface area contributed by atoms with E-state index in [4.69, 9.17) is 11.1 Å². The average Bonchev–Trinajstić information content (AvgIpc) is 4.03. The van der Waals surface area contributed by atoms with Gasteiger partial charge in [-0.3, -0.25) is 26.0 Å². The summed E-state index contributed by atoms with van der Waals surface area (Å²) >= 11 is 9.02. The molecule has 0 amide bonds. The summed E-state index contributed by atoms with van der Waals surface area (Å²) in [4.78, 5) is 36.0. The van der Waals surface area contributed by atoms with E-state index in [1.165, 1.54) is 14.9 Å². The van der Waals surface area contributed by atoms with Crippen LogP contribution in [-0.4, -0.2) is 90.8 Å². The zero-order chi connectivity index (χ0) is 46.9. The second kappa shape index (κ2) is 25.0. The van der Waals surface area contributed by atoms with Gasteiger partial charge in [0.2, 0.25) is 0 Å². The second-order valence-electron chi connectivity index (χ2n) is 15.2. The van der Waals surface area contributed by atoms with Gasteiger partial charge < -0.3 is 14.7 Å². The van der Waals surface area contributed by atoms with Crippen molar-refractivity contribution in [1.29, 1.82) is 5.26 Å². The number of rotatable bonds is 10. The van der Waals surface area contributed by atoms with E-state index >= 15 is 0 Å². The van der Waals surface area contributed by atoms with Gasteiger partial charge in [-0.1, -0.05) is 56.1 Å². The quantitative estimate of drug-likeness (QED) is 0.0603. The number of hydrazine groups is 1. The lowest BCUT2D eigenvalue weighted by molar-refractivity contribution is 0.0991. The van der Waals surface area contributed by atoms with E-state index in [-0.39, 0.29) is 12.3 Å². The van der Waals surface area contributed by atoms with E-state index in [0.29, 0.717) is 24.2 Å². The number of aliphatic imine (C=N–C) groups is 4. The lowest BCUT2D eigenvalue weighted by Gasteiger charge is -2.12. The molecule has 65 heavy (non-hydrogen) atoms. The van der Waals surface area contributed by atoms with Crippen molar-refractivity contribution >= 4 is 100 Å². The van der Waals surface area contributed by atoms with Crippen LogP contribution in [0, 0.1) is 14.9 Å². The molecule has 11 nitrogen and oxygen atoms in total. The van der Waals surface area contributed by atoms with Gasteiger partial charge in [0, 0.05) is 88.6 Å². The number of anilines is 3. The number of ketones is 1. The Bertz CT molecular complexity index is 2530. The summed E-state index contributed by atoms with van der Waals surface area (Å²) in [5.74, 6) is 6.71. The number of amidine groups is 2. The van der Waals surface area contributed by atoms with Gasteiger partial charge in [-0.25, -0.2) is 9.98 Å². The van der Waals surface area contributed by atoms with Gasteiger partial charge in [-0.05, 0) is 155 Å². The molecule has 0 fully saturated rings. The minimum atomic E-state index is -0.00203. The molecule has 2 heterocycles. The van der Waals surface area contributed by atoms with Gasteiger partial charge in [0.15, 0.2) is 17.5 Å². The van der Waals surface area contributed by atoms with Crippen LogP contribution in [0.25, 0.3) is 0 Å². The van der Waals surface area contributed by atoms with E-state index in [9.17, 15) is 4.79 Å². The number of carbonyl (C=O) groups excluding carboxylic acids is 1. The number of benzene rings is 6. The highest BCUT2D eigenvalue weighted by atomic mass is 127. The molecule has 0 unspecified atom stereocenters. The van der Waals surface area contributed by atoms with Crippen molar-refractivity contribution in [1.82, 2.24) is 5.43 Å². The Morgan fingerprint density at radius 3 is 1.31 bits per heavy atom. The Labute approximate surface area is 412 Å².